The van der Waals surface area contributed by atoms with Gasteiger partial charge in [-0.05, 0) is 12.0 Å². The fraction of sp³-hybridized carbons (Fsp3) is 0.333. The molecule has 68 valence electrons. The number of rotatable bonds is 1. The van der Waals surface area contributed by atoms with Crippen molar-refractivity contribution in [1.82, 2.24) is 0 Å². The maximum absolute atomic E-state index is 10.6. The highest BCUT2D eigenvalue weighted by molar-refractivity contribution is 5.48. The Morgan fingerprint density at radius 1 is 1.46 bits per heavy atom. The van der Waals surface area contributed by atoms with Crippen molar-refractivity contribution >= 4 is 5.69 Å². The Balaban J connectivity index is 2.51. The van der Waals surface area contributed by atoms with Crippen LogP contribution >= 0.6 is 0 Å². The molecule has 1 aromatic carbocycles. The molecule has 0 radical (unpaired) electrons. The normalized spacial score (nSPS) is 19.9. The van der Waals surface area contributed by atoms with Crippen LogP contribution in [0.15, 0.2) is 18.2 Å². The van der Waals surface area contributed by atoms with Crippen LogP contribution in [0.1, 0.15) is 11.1 Å². The molecule has 0 bridgehead atoms. The number of hydrogen-bond donors (Lipinski definition) is 1. The van der Waals surface area contributed by atoms with Crippen LogP contribution < -0.4 is 0 Å². The Morgan fingerprint density at radius 3 is 2.92 bits per heavy atom. The SMILES string of the molecule is O=[N+]([O-])c1cccc2c1C[C@@H](O)C2. The fourth-order valence-corrected chi connectivity index (χ4v) is 1.78. The van der Waals surface area contributed by atoms with Gasteiger partial charge in [0.2, 0.25) is 0 Å². The number of nitrogens with zero attached hydrogens (tertiary/aromatic N) is 1. The summed E-state index contributed by atoms with van der Waals surface area (Å²) < 4.78 is 0. The van der Waals surface area contributed by atoms with Gasteiger partial charge in [-0.1, -0.05) is 12.1 Å². The molecule has 0 heterocycles. The third-order valence-electron chi connectivity index (χ3n) is 2.34. The molecule has 1 aromatic rings. The molecule has 1 aliphatic carbocycles. The van der Waals surface area contributed by atoms with Crippen molar-refractivity contribution in [3.63, 3.8) is 0 Å². The topological polar surface area (TPSA) is 63.4 Å². The zero-order valence-corrected chi connectivity index (χ0v) is 6.93. The average molecular weight is 179 g/mol. The lowest BCUT2D eigenvalue weighted by molar-refractivity contribution is -0.385. The summed E-state index contributed by atoms with van der Waals surface area (Å²) >= 11 is 0. The highest BCUT2D eigenvalue weighted by Gasteiger charge is 2.26. The van der Waals surface area contributed by atoms with Crippen LogP contribution in [0.2, 0.25) is 0 Å². The maximum atomic E-state index is 10.6. The van der Waals surface area contributed by atoms with E-state index in [0.29, 0.717) is 18.4 Å². The van der Waals surface area contributed by atoms with Gasteiger partial charge < -0.3 is 5.11 Å². The van der Waals surface area contributed by atoms with E-state index in [-0.39, 0.29) is 5.69 Å². The molecule has 0 spiro atoms. The van der Waals surface area contributed by atoms with Gasteiger partial charge in [-0.25, -0.2) is 0 Å². The molecule has 2 rings (SSSR count). The Morgan fingerprint density at radius 2 is 2.23 bits per heavy atom. The van der Waals surface area contributed by atoms with Gasteiger partial charge in [0.1, 0.15) is 0 Å². The second-order valence-corrected chi connectivity index (χ2v) is 3.23. The number of fused-ring (bicyclic) bond motifs is 1. The lowest BCUT2D eigenvalue weighted by Gasteiger charge is -1.98. The first kappa shape index (κ1) is 8.19. The monoisotopic (exact) mass is 179 g/mol. The van der Waals surface area contributed by atoms with Crippen LogP contribution in [0.25, 0.3) is 0 Å². The summed E-state index contributed by atoms with van der Waals surface area (Å²) in [5.41, 5.74) is 1.73. The quantitative estimate of drug-likeness (QED) is 0.517. The molecule has 0 amide bonds. The molecule has 1 atom stereocenters. The molecule has 4 nitrogen and oxygen atoms in total. The minimum Gasteiger partial charge on any atom is -0.392 e. The summed E-state index contributed by atoms with van der Waals surface area (Å²) in [6.07, 6.45) is 0.500. The smallest absolute Gasteiger partial charge is 0.272 e. The van der Waals surface area contributed by atoms with Crippen molar-refractivity contribution in [3.05, 3.63) is 39.4 Å². The van der Waals surface area contributed by atoms with Gasteiger partial charge in [0.15, 0.2) is 0 Å². The first-order valence-corrected chi connectivity index (χ1v) is 4.11. The number of nitro groups is 1. The van der Waals surface area contributed by atoms with Crippen molar-refractivity contribution in [1.29, 1.82) is 0 Å². The van der Waals surface area contributed by atoms with Crippen LogP contribution in [0.3, 0.4) is 0 Å². The van der Waals surface area contributed by atoms with E-state index in [0.717, 1.165) is 5.56 Å². The second-order valence-electron chi connectivity index (χ2n) is 3.23. The molecule has 4 heteroatoms. The van der Waals surface area contributed by atoms with E-state index in [9.17, 15) is 15.2 Å². The Bertz CT molecular complexity index is 362. The first-order valence-electron chi connectivity index (χ1n) is 4.11. The molecule has 0 aliphatic heterocycles. The molecule has 0 fully saturated rings. The summed E-state index contributed by atoms with van der Waals surface area (Å²) in [5.74, 6) is 0. The lowest BCUT2D eigenvalue weighted by atomic mass is 10.1. The number of hydrogen-bond acceptors (Lipinski definition) is 3. The molecule has 13 heavy (non-hydrogen) atoms. The van der Waals surface area contributed by atoms with E-state index < -0.39 is 11.0 Å². The largest absolute Gasteiger partial charge is 0.392 e. The Kier molecular flexibility index (Phi) is 1.77. The van der Waals surface area contributed by atoms with E-state index in [4.69, 9.17) is 0 Å². The number of benzene rings is 1. The zero-order valence-electron chi connectivity index (χ0n) is 6.93. The molecular weight excluding hydrogens is 170 g/mol. The molecular formula is C9H9NO3. The van der Waals surface area contributed by atoms with Crippen molar-refractivity contribution < 1.29 is 10.0 Å². The van der Waals surface area contributed by atoms with Gasteiger partial charge in [-0.2, -0.15) is 0 Å². The predicted molar refractivity (Wildman–Crippen MR) is 46.5 cm³/mol. The standard InChI is InChI=1S/C9H9NO3/c11-7-4-6-2-1-3-9(10(12)13)8(6)5-7/h1-3,7,11H,4-5H2/t7-/m0/s1. The van der Waals surface area contributed by atoms with E-state index in [2.05, 4.69) is 0 Å². The van der Waals surface area contributed by atoms with Gasteiger partial charge in [0, 0.05) is 18.1 Å². The summed E-state index contributed by atoms with van der Waals surface area (Å²) in [4.78, 5) is 10.2. The van der Waals surface area contributed by atoms with E-state index >= 15 is 0 Å². The number of aliphatic hydroxyl groups excluding tert-OH is 1. The van der Waals surface area contributed by atoms with E-state index in [1.807, 2.05) is 6.07 Å². The number of nitro benzene ring substituents is 1. The maximum Gasteiger partial charge on any atom is 0.272 e. The molecule has 0 aromatic heterocycles. The van der Waals surface area contributed by atoms with Gasteiger partial charge in [-0.15, -0.1) is 0 Å². The van der Waals surface area contributed by atoms with E-state index in [1.165, 1.54) is 6.07 Å². The van der Waals surface area contributed by atoms with Crippen LogP contribution in [0.5, 0.6) is 0 Å². The fourth-order valence-electron chi connectivity index (χ4n) is 1.78. The minimum atomic E-state index is -0.448. The van der Waals surface area contributed by atoms with Crippen molar-refractivity contribution in [2.75, 3.05) is 0 Å². The second kappa shape index (κ2) is 2.81. The summed E-state index contributed by atoms with van der Waals surface area (Å²) in [6.45, 7) is 0. The summed E-state index contributed by atoms with van der Waals surface area (Å²) in [5, 5.41) is 19.9. The number of aliphatic hydroxyl groups is 1. The van der Waals surface area contributed by atoms with Crippen LogP contribution in [0.4, 0.5) is 5.69 Å². The Labute approximate surface area is 75.0 Å². The highest BCUT2D eigenvalue weighted by Crippen LogP contribution is 2.30. The lowest BCUT2D eigenvalue weighted by Crippen LogP contribution is -2.04. The molecule has 0 saturated carbocycles. The highest BCUT2D eigenvalue weighted by atomic mass is 16.6. The van der Waals surface area contributed by atoms with Gasteiger partial charge in [0.25, 0.3) is 5.69 Å². The third kappa shape index (κ3) is 1.29. The molecule has 1 N–H and O–H groups in total. The molecule has 0 saturated heterocycles. The van der Waals surface area contributed by atoms with Gasteiger partial charge >= 0.3 is 0 Å². The van der Waals surface area contributed by atoms with Crippen molar-refractivity contribution in [2.24, 2.45) is 0 Å². The van der Waals surface area contributed by atoms with Crippen LogP contribution in [-0.4, -0.2) is 16.1 Å². The summed E-state index contributed by atoms with van der Waals surface area (Å²) in [7, 11) is 0. The molecule has 0 unspecified atom stereocenters. The van der Waals surface area contributed by atoms with Crippen LogP contribution in [-0.2, 0) is 12.8 Å². The average Bonchev–Trinajstić information content (AvgIpc) is 2.43. The van der Waals surface area contributed by atoms with Crippen molar-refractivity contribution in [2.45, 2.75) is 18.9 Å². The van der Waals surface area contributed by atoms with E-state index in [1.54, 1.807) is 6.07 Å². The van der Waals surface area contributed by atoms with Crippen molar-refractivity contribution in [3.8, 4) is 0 Å². The Hall–Kier alpha value is -1.42. The first-order chi connectivity index (χ1) is 6.18. The third-order valence-corrected chi connectivity index (χ3v) is 2.34. The predicted octanol–water partition coefficient (Wildman–Crippen LogP) is 1.05. The van der Waals surface area contributed by atoms with Gasteiger partial charge in [0.05, 0.1) is 11.0 Å². The zero-order chi connectivity index (χ0) is 9.42. The van der Waals surface area contributed by atoms with Crippen LogP contribution in [0, 0.1) is 10.1 Å². The van der Waals surface area contributed by atoms with Gasteiger partial charge in [-0.3, -0.25) is 10.1 Å². The summed E-state index contributed by atoms with van der Waals surface area (Å²) in [6, 6.07) is 4.98. The minimum absolute atomic E-state index is 0.133. The molecule has 1 aliphatic rings.